The molecule has 3 nitrogen and oxygen atoms in total. The molecule has 4 heteroatoms. The molecule has 0 bridgehead atoms. The van der Waals surface area contributed by atoms with E-state index in [1.54, 1.807) is 6.07 Å². The van der Waals surface area contributed by atoms with E-state index in [0.29, 0.717) is 12.2 Å². The van der Waals surface area contributed by atoms with Gasteiger partial charge in [0.05, 0.1) is 6.54 Å². The van der Waals surface area contributed by atoms with Crippen LogP contribution in [0.5, 0.6) is 0 Å². The van der Waals surface area contributed by atoms with Crippen molar-refractivity contribution in [3.63, 3.8) is 0 Å². The zero-order valence-corrected chi connectivity index (χ0v) is 10.4. The summed E-state index contributed by atoms with van der Waals surface area (Å²) in [6, 6.07) is 9.83. The Balaban J connectivity index is 2.26. The molecule has 0 aliphatic carbocycles. The lowest BCUT2D eigenvalue weighted by Crippen LogP contribution is -2.04. The molecule has 0 fully saturated rings. The van der Waals surface area contributed by atoms with Gasteiger partial charge in [0.1, 0.15) is 5.69 Å². The van der Waals surface area contributed by atoms with E-state index < -0.39 is 0 Å². The topological polar surface area (TPSA) is 34.9 Å². The first-order chi connectivity index (χ1) is 7.69. The van der Waals surface area contributed by atoms with Crippen LogP contribution in [0.3, 0.4) is 0 Å². The molecule has 0 saturated carbocycles. The molecule has 1 heterocycles. The number of aromatic nitrogens is 2. The lowest BCUT2D eigenvalue weighted by atomic mass is 10.2. The van der Waals surface area contributed by atoms with Gasteiger partial charge in [0.2, 0.25) is 0 Å². The number of hydrogen-bond acceptors (Lipinski definition) is 2. The third-order valence-electron chi connectivity index (χ3n) is 2.34. The van der Waals surface area contributed by atoms with Crippen LogP contribution < -0.4 is 0 Å². The van der Waals surface area contributed by atoms with Gasteiger partial charge < -0.3 is 0 Å². The summed E-state index contributed by atoms with van der Waals surface area (Å²) >= 11 is 3.43. The highest BCUT2D eigenvalue weighted by molar-refractivity contribution is 9.10. The highest BCUT2D eigenvalue weighted by Gasteiger charge is 2.04. The van der Waals surface area contributed by atoms with Gasteiger partial charge in [0, 0.05) is 10.2 Å². The SMILES string of the molecule is Cc1cc(C=O)nn1Cc1cccc(Br)c1. The average Bonchev–Trinajstić information content (AvgIpc) is 2.60. The lowest BCUT2D eigenvalue weighted by molar-refractivity contribution is 0.111. The van der Waals surface area contributed by atoms with Crippen LogP contribution in [-0.4, -0.2) is 16.1 Å². The van der Waals surface area contributed by atoms with Gasteiger partial charge in [-0.2, -0.15) is 5.10 Å². The van der Waals surface area contributed by atoms with Gasteiger partial charge in [0.25, 0.3) is 0 Å². The molecule has 0 aliphatic heterocycles. The van der Waals surface area contributed by atoms with Gasteiger partial charge in [0.15, 0.2) is 6.29 Å². The predicted molar refractivity (Wildman–Crippen MR) is 65.6 cm³/mol. The Bertz CT molecular complexity index is 519. The Labute approximate surface area is 102 Å². The highest BCUT2D eigenvalue weighted by Crippen LogP contribution is 2.13. The lowest BCUT2D eigenvalue weighted by Gasteiger charge is -2.04. The minimum Gasteiger partial charge on any atom is -0.296 e. The van der Waals surface area contributed by atoms with Crippen LogP contribution in [-0.2, 0) is 6.54 Å². The number of hydrogen-bond donors (Lipinski definition) is 0. The highest BCUT2D eigenvalue weighted by atomic mass is 79.9. The number of carbonyl (C=O) groups is 1. The van der Waals surface area contributed by atoms with Gasteiger partial charge in [-0.15, -0.1) is 0 Å². The van der Waals surface area contributed by atoms with Crippen LogP contribution in [0.4, 0.5) is 0 Å². The molecule has 1 aromatic carbocycles. The summed E-state index contributed by atoms with van der Waals surface area (Å²) in [6.07, 6.45) is 0.768. The fraction of sp³-hybridized carbons (Fsp3) is 0.167. The van der Waals surface area contributed by atoms with Crippen molar-refractivity contribution in [3.8, 4) is 0 Å². The zero-order valence-electron chi connectivity index (χ0n) is 8.85. The Kier molecular flexibility index (Phi) is 3.19. The zero-order chi connectivity index (χ0) is 11.5. The summed E-state index contributed by atoms with van der Waals surface area (Å²) in [5.41, 5.74) is 2.62. The van der Waals surface area contributed by atoms with Crippen molar-refractivity contribution < 1.29 is 4.79 Å². The number of nitrogens with zero attached hydrogens (tertiary/aromatic N) is 2. The van der Waals surface area contributed by atoms with Gasteiger partial charge in [-0.25, -0.2) is 0 Å². The van der Waals surface area contributed by atoms with Gasteiger partial charge >= 0.3 is 0 Å². The summed E-state index contributed by atoms with van der Waals surface area (Å²) in [6.45, 7) is 2.62. The summed E-state index contributed by atoms with van der Waals surface area (Å²) in [7, 11) is 0. The van der Waals surface area contributed by atoms with Crippen molar-refractivity contribution in [1.82, 2.24) is 9.78 Å². The standard InChI is InChI=1S/C12H11BrN2O/c1-9-5-12(8-16)14-15(9)7-10-3-2-4-11(13)6-10/h2-6,8H,7H2,1H3. The smallest absolute Gasteiger partial charge is 0.170 e. The molecule has 0 saturated heterocycles. The van der Waals surface area contributed by atoms with Crippen LogP contribution in [0.1, 0.15) is 21.7 Å². The van der Waals surface area contributed by atoms with E-state index in [1.165, 1.54) is 0 Å². The number of carbonyl (C=O) groups excluding carboxylic acids is 1. The number of aldehydes is 1. The molecule has 0 amide bonds. The maximum absolute atomic E-state index is 10.6. The largest absolute Gasteiger partial charge is 0.296 e. The molecule has 2 aromatic rings. The predicted octanol–water partition coefficient (Wildman–Crippen LogP) is 2.81. The minimum atomic E-state index is 0.479. The second kappa shape index (κ2) is 4.61. The van der Waals surface area contributed by atoms with E-state index in [4.69, 9.17) is 0 Å². The minimum absolute atomic E-state index is 0.479. The van der Waals surface area contributed by atoms with Crippen LogP contribution in [0.2, 0.25) is 0 Å². The molecule has 0 aliphatic rings. The van der Waals surface area contributed by atoms with E-state index in [0.717, 1.165) is 22.0 Å². The van der Waals surface area contributed by atoms with Crippen LogP contribution >= 0.6 is 15.9 Å². The van der Waals surface area contributed by atoms with E-state index in [1.807, 2.05) is 35.9 Å². The van der Waals surface area contributed by atoms with Crippen molar-refractivity contribution in [3.05, 3.63) is 51.8 Å². The Morgan fingerprint density at radius 2 is 2.25 bits per heavy atom. The first kappa shape index (κ1) is 11.1. The molecule has 0 spiro atoms. The molecule has 0 atom stereocenters. The monoisotopic (exact) mass is 278 g/mol. The van der Waals surface area contributed by atoms with Crippen LogP contribution in [0.25, 0.3) is 0 Å². The maximum Gasteiger partial charge on any atom is 0.170 e. The Morgan fingerprint density at radius 3 is 2.88 bits per heavy atom. The summed E-state index contributed by atoms with van der Waals surface area (Å²) in [4.78, 5) is 10.6. The third kappa shape index (κ3) is 2.39. The Hall–Kier alpha value is -1.42. The van der Waals surface area contributed by atoms with Gasteiger partial charge in [-0.1, -0.05) is 28.1 Å². The Morgan fingerprint density at radius 1 is 1.44 bits per heavy atom. The van der Waals surface area contributed by atoms with Crippen molar-refractivity contribution >= 4 is 22.2 Å². The van der Waals surface area contributed by atoms with E-state index in [-0.39, 0.29) is 0 Å². The molecule has 0 N–H and O–H groups in total. The fourth-order valence-electron chi connectivity index (χ4n) is 1.56. The van der Waals surface area contributed by atoms with Crippen molar-refractivity contribution in [2.24, 2.45) is 0 Å². The number of halogens is 1. The summed E-state index contributed by atoms with van der Waals surface area (Å²) in [5.74, 6) is 0. The first-order valence-electron chi connectivity index (χ1n) is 4.93. The van der Waals surface area contributed by atoms with E-state index in [9.17, 15) is 4.79 Å². The van der Waals surface area contributed by atoms with Gasteiger partial charge in [-0.05, 0) is 30.7 Å². The maximum atomic E-state index is 10.6. The number of aryl methyl sites for hydroxylation is 1. The van der Waals surface area contributed by atoms with Crippen molar-refractivity contribution in [1.29, 1.82) is 0 Å². The molecule has 0 radical (unpaired) electrons. The van der Waals surface area contributed by atoms with E-state index in [2.05, 4.69) is 21.0 Å². The quantitative estimate of drug-likeness (QED) is 0.810. The third-order valence-corrected chi connectivity index (χ3v) is 2.84. The molecule has 16 heavy (non-hydrogen) atoms. The first-order valence-corrected chi connectivity index (χ1v) is 5.72. The molecular weight excluding hydrogens is 268 g/mol. The van der Waals surface area contributed by atoms with E-state index >= 15 is 0 Å². The van der Waals surface area contributed by atoms with Crippen LogP contribution in [0.15, 0.2) is 34.8 Å². The average molecular weight is 279 g/mol. The van der Waals surface area contributed by atoms with Crippen LogP contribution in [0, 0.1) is 6.92 Å². The second-order valence-corrected chi connectivity index (χ2v) is 4.53. The molecular formula is C12H11BrN2O. The number of benzene rings is 1. The second-order valence-electron chi connectivity index (χ2n) is 3.62. The number of rotatable bonds is 3. The molecule has 82 valence electrons. The molecule has 2 rings (SSSR count). The molecule has 1 aromatic heterocycles. The normalized spacial score (nSPS) is 10.4. The van der Waals surface area contributed by atoms with Crippen molar-refractivity contribution in [2.75, 3.05) is 0 Å². The fourth-order valence-corrected chi connectivity index (χ4v) is 2.01. The van der Waals surface area contributed by atoms with Crippen molar-refractivity contribution in [2.45, 2.75) is 13.5 Å². The summed E-state index contributed by atoms with van der Waals surface area (Å²) < 4.78 is 2.87. The summed E-state index contributed by atoms with van der Waals surface area (Å²) in [5, 5.41) is 4.19. The van der Waals surface area contributed by atoms with Gasteiger partial charge in [-0.3, -0.25) is 9.48 Å². The molecule has 0 unspecified atom stereocenters.